The van der Waals surface area contributed by atoms with Gasteiger partial charge in [0.2, 0.25) is 0 Å². The molecule has 0 amide bonds. The number of hydrogen-bond donors (Lipinski definition) is 3. The molecule has 0 spiro atoms. The number of aromatic carboxylic acids is 1. The predicted octanol–water partition coefficient (Wildman–Crippen LogP) is 3.28. The smallest absolute Gasteiger partial charge is 0.345 e. The third-order valence-electron chi connectivity index (χ3n) is 6.29. The van der Waals surface area contributed by atoms with Gasteiger partial charge in [-0.05, 0) is 42.8 Å². The Labute approximate surface area is 201 Å². The van der Waals surface area contributed by atoms with Gasteiger partial charge in [-0.15, -0.1) is 0 Å². The van der Waals surface area contributed by atoms with Gasteiger partial charge < -0.3 is 33.9 Å². The van der Waals surface area contributed by atoms with Gasteiger partial charge in [-0.2, -0.15) is 0 Å². The minimum absolute atomic E-state index is 0.00253. The number of nitrogens with zero attached hydrogens (tertiary/aromatic N) is 2. The molecule has 4 aromatic rings. The van der Waals surface area contributed by atoms with Crippen molar-refractivity contribution in [2.45, 2.75) is 20.1 Å². The first-order chi connectivity index (χ1) is 16.7. The number of aromatic nitrogens is 2. The number of fused-ring (bicyclic) bond motifs is 1. The van der Waals surface area contributed by atoms with Crippen LogP contribution in [0, 0.1) is 6.92 Å². The molecule has 0 aliphatic rings. The van der Waals surface area contributed by atoms with E-state index < -0.39 is 22.8 Å². The second-order valence-electron chi connectivity index (χ2n) is 8.20. The van der Waals surface area contributed by atoms with Gasteiger partial charge in [-0.25, -0.2) is 4.79 Å². The molecule has 0 fully saturated rings. The Balaban J connectivity index is 2.00. The second-order valence-corrected chi connectivity index (χ2v) is 8.20. The molecule has 0 saturated heterocycles. The van der Waals surface area contributed by atoms with Gasteiger partial charge in [0, 0.05) is 40.8 Å². The van der Waals surface area contributed by atoms with Gasteiger partial charge >= 0.3 is 5.97 Å². The fourth-order valence-electron chi connectivity index (χ4n) is 4.41. The lowest BCUT2D eigenvalue weighted by atomic mass is 10.0. The van der Waals surface area contributed by atoms with Crippen LogP contribution in [-0.2, 0) is 20.2 Å². The third-order valence-corrected chi connectivity index (χ3v) is 6.29. The zero-order chi connectivity index (χ0) is 25.4. The van der Waals surface area contributed by atoms with Crippen molar-refractivity contribution in [2.75, 3.05) is 14.2 Å². The highest BCUT2D eigenvalue weighted by Gasteiger charge is 2.25. The number of ether oxygens (including phenoxy) is 2. The molecule has 0 saturated carbocycles. The molecule has 0 radical (unpaired) electrons. The summed E-state index contributed by atoms with van der Waals surface area (Å²) in [5.41, 5.74) is 1.95. The summed E-state index contributed by atoms with van der Waals surface area (Å²) >= 11 is 0. The van der Waals surface area contributed by atoms with E-state index >= 15 is 0 Å². The summed E-state index contributed by atoms with van der Waals surface area (Å²) in [6, 6.07) is 12.5. The average molecular weight is 479 g/mol. The van der Waals surface area contributed by atoms with Crippen LogP contribution in [-0.4, -0.2) is 44.6 Å². The maximum Gasteiger partial charge on any atom is 0.345 e. The van der Waals surface area contributed by atoms with Crippen molar-refractivity contribution in [3.05, 3.63) is 75.2 Å². The van der Waals surface area contributed by atoms with Crippen LogP contribution in [0.5, 0.6) is 17.2 Å². The van der Waals surface area contributed by atoms with E-state index in [1.807, 2.05) is 29.8 Å². The standard InChI is InChI=1S/C26H26N2O7/c1-14-23(15-6-8-20-17(9-15)10-18(13-29)27(20)2)28(25(31)22(24(14)30)26(32)33)12-16-5-7-19(34-3)11-21(16)35-4/h5-11,29-30H,12-13H2,1-4H3,(H,32,33). The minimum Gasteiger partial charge on any atom is -0.506 e. The topological polar surface area (TPSA) is 123 Å². The number of carboxylic acids is 1. The highest BCUT2D eigenvalue weighted by atomic mass is 16.5. The Kier molecular flexibility index (Phi) is 6.27. The predicted molar refractivity (Wildman–Crippen MR) is 131 cm³/mol. The number of hydrogen-bond acceptors (Lipinski definition) is 6. The summed E-state index contributed by atoms with van der Waals surface area (Å²) in [4.78, 5) is 25.3. The molecule has 9 heteroatoms. The molecule has 0 aliphatic heterocycles. The van der Waals surface area contributed by atoms with E-state index in [1.54, 1.807) is 31.2 Å². The van der Waals surface area contributed by atoms with E-state index in [2.05, 4.69) is 0 Å². The largest absolute Gasteiger partial charge is 0.506 e. The van der Waals surface area contributed by atoms with Crippen LogP contribution in [0.4, 0.5) is 0 Å². The highest BCUT2D eigenvalue weighted by molar-refractivity contribution is 5.93. The maximum atomic E-state index is 13.4. The number of pyridine rings is 1. The van der Waals surface area contributed by atoms with E-state index in [-0.39, 0.29) is 18.7 Å². The number of rotatable bonds is 7. The molecule has 0 aliphatic carbocycles. The lowest BCUT2D eigenvalue weighted by molar-refractivity contribution is 0.0690. The zero-order valence-electron chi connectivity index (χ0n) is 19.8. The van der Waals surface area contributed by atoms with Crippen LogP contribution >= 0.6 is 0 Å². The number of aliphatic hydroxyl groups is 1. The molecule has 0 atom stereocenters. The van der Waals surface area contributed by atoms with Crippen molar-refractivity contribution in [1.82, 2.24) is 9.13 Å². The maximum absolute atomic E-state index is 13.4. The van der Waals surface area contributed by atoms with Crippen LogP contribution in [0.15, 0.2) is 47.3 Å². The SMILES string of the molecule is COc1ccc(Cn2c(-c3ccc4c(c3)cc(CO)n4C)c(C)c(O)c(C(=O)O)c2=O)c(OC)c1. The Morgan fingerprint density at radius 2 is 1.80 bits per heavy atom. The second kappa shape index (κ2) is 9.19. The molecule has 4 rings (SSSR count). The van der Waals surface area contributed by atoms with Crippen molar-refractivity contribution in [3.8, 4) is 28.5 Å². The summed E-state index contributed by atoms with van der Waals surface area (Å²) in [5, 5.41) is 30.8. The van der Waals surface area contributed by atoms with E-state index in [0.717, 1.165) is 16.6 Å². The van der Waals surface area contributed by atoms with E-state index in [0.29, 0.717) is 28.3 Å². The summed E-state index contributed by atoms with van der Waals surface area (Å²) in [5.74, 6) is -1.04. The van der Waals surface area contributed by atoms with Crippen molar-refractivity contribution in [3.63, 3.8) is 0 Å². The number of benzene rings is 2. The van der Waals surface area contributed by atoms with Crippen molar-refractivity contribution in [2.24, 2.45) is 7.05 Å². The van der Waals surface area contributed by atoms with Crippen LogP contribution in [0.2, 0.25) is 0 Å². The van der Waals surface area contributed by atoms with Crippen molar-refractivity contribution in [1.29, 1.82) is 0 Å². The molecule has 2 heterocycles. The summed E-state index contributed by atoms with van der Waals surface area (Å²) in [6.45, 7) is 1.44. The van der Waals surface area contributed by atoms with Crippen LogP contribution in [0.25, 0.3) is 22.2 Å². The quantitative estimate of drug-likeness (QED) is 0.372. The van der Waals surface area contributed by atoms with Gasteiger partial charge in [-0.1, -0.05) is 6.07 Å². The molecule has 35 heavy (non-hydrogen) atoms. The molecule has 2 aromatic heterocycles. The molecule has 0 unspecified atom stereocenters. The first kappa shape index (κ1) is 23.9. The fraction of sp³-hybridized carbons (Fsp3) is 0.231. The molecule has 2 aromatic carbocycles. The first-order valence-electron chi connectivity index (χ1n) is 10.8. The van der Waals surface area contributed by atoms with Crippen molar-refractivity contribution >= 4 is 16.9 Å². The lowest BCUT2D eigenvalue weighted by Gasteiger charge is -2.20. The number of aryl methyl sites for hydroxylation is 1. The Morgan fingerprint density at radius 1 is 1.06 bits per heavy atom. The molecular weight excluding hydrogens is 452 g/mol. The summed E-state index contributed by atoms with van der Waals surface area (Å²) in [7, 11) is 4.87. The first-order valence-corrected chi connectivity index (χ1v) is 10.8. The molecule has 9 nitrogen and oxygen atoms in total. The average Bonchev–Trinajstić information content (AvgIpc) is 3.17. The number of methoxy groups -OCH3 is 2. The highest BCUT2D eigenvalue weighted by Crippen LogP contribution is 2.34. The monoisotopic (exact) mass is 478 g/mol. The molecule has 0 bridgehead atoms. The van der Waals surface area contributed by atoms with Gasteiger partial charge in [0.1, 0.15) is 17.2 Å². The van der Waals surface area contributed by atoms with E-state index in [1.165, 1.54) is 18.8 Å². The lowest BCUT2D eigenvalue weighted by Crippen LogP contribution is -2.29. The normalized spacial score (nSPS) is 11.1. The number of carboxylic acid groups (broad SMARTS) is 1. The van der Waals surface area contributed by atoms with E-state index in [9.17, 15) is 24.9 Å². The van der Waals surface area contributed by atoms with Gasteiger partial charge in [0.15, 0.2) is 5.56 Å². The molecule has 182 valence electrons. The van der Waals surface area contributed by atoms with E-state index in [4.69, 9.17) is 9.47 Å². The third kappa shape index (κ3) is 4.00. The van der Waals surface area contributed by atoms with Crippen molar-refractivity contribution < 1.29 is 29.6 Å². The number of aromatic hydroxyl groups is 1. The Morgan fingerprint density at radius 3 is 2.43 bits per heavy atom. The van der Waals surface area contributed by atoms with Gasteiger partial charge in [0.25, 0.3) is 5.56 Å². The summed E-state index contributed by atoms with van der Waals surface area (Å²) < 4.78 is 13.9. The summed E-state index contributed by atoms with van der Waals surface area (Å²) in [6.07, 6.45) is 0. The van der Waals surface area contributed by atoms with Gasteiger partial charge in [0.05, 0.1) is 33.1 Å². The zero-order valence-corrected chi connectivity index (χ0v) is 19.8. The molecular formula is C26H26N2O7. The van der Waals surface area contributed by atoms with Crippen LogP contribution in [0.3, 0.4) is 0 Å². The number of aliphatic hydroxyl groups excluding tert-OH is 1. The fourth-order valence-corrected chi connectivity index (χ4v) is 4.41. The Bertz CT molecular complexity index is 1510. The van der Waals surface area contributed by atoms with Crippen LogP contribution in [0.1, 0.15) is 27.2 Å². The molecule has 3 N–H and O–H groups in total. The van der Waals surface area contributed by atoms with Crippen LogP contribution < -0.4 is 15.0 Å². The minimum atomic E-state index is -1.51. The Hall–Kier alpha value is -4.24. The van der Waals surface area contributed by atoms with Gasteiger partial charge in [-0.3, -0.25) is 4.79 Å². The number of carbonyl (C=O) groups is 1.